The topological polar surface area (TPSA) is 100 Å². The number of hydrogen-bond acceptors (Lipinski definition) is 6. The zero-order chi connectivity index (χ0) is 26.4. The molecule has 1 aromatic heterocycles. The largest absolute Gasteiger partial charge is 0.515 e. The fraction of sp³-hybridized carbons (Fsp3) is 0.677. The molecule has 6 heteroatoms. The second-order valence-electron chi connectivity index (χ2n) is 13.9. The van der Waals surface area contributed by atoms with Crippen molar-refractivity contribution in [2.24, 2.45) is 39.9 Å². The van der Waals surface area contributed by atoms with Gasteiger partial charge in [0.05, 0.1) is 23.3 Å². The van der Waals surface area contributed by atoms with E-state index >= 15 is 0 Å². The van der Waals surface area contributed by atoms with E-state index < -0.39 is 0 Å². The van der Waals surface area contributed by atoms with Crippen LogP contribution in [-0.2, 0) is 10.2 Å². The van der Waals surface area contributed by atoms with Crippen LogP contribution in [0, 0.1) is 58.2 Å². The van der Waals surface area contributed by atoms with E-state index in [0.717, 1.165) is 62.7 Å². The maximum atomic E-state index is 14.3. The van der Waals surface area contributed by atoms with E-state index in [1.165, 1.54) is 5.57 Å². The lowest BCUT2D eigenvalue weighted by atomic mass is 9.40. The van der Waals surface area contributed by atoms with Gasteiger partial charge in [0, 0.05) is 23.8 Å². The highest BCUT2D eigenvalue weighted by Crippen LogP contribution is 2.69. The summed E-state index contributed by atoms with van der Waals surface area (Å²) in [5.41, 5.74) is 1.97. The van der Waals surface area contributed by atoms with Crippen molar-refractivity contribution in [2.75, 3.05) is 0 Å². The van der Waals surface area contributed by atoms with Gasteiger partial charge in [-0.1, -0.05) is 39.3 Å². The van der Waals surface area contributed by atoms with E-state index in [9.17, 15) is 15.2 Å². The molecule has 1 heterocycles. The zero-order valence-electron chi connectivity index (χ0n) is 22.8. The third-order valence-electron chi connectivity index (χ3n) is 11.5. The molecule has 0 bridgehead atoms. The lowest BCUT2D eigenvalue weighted by molar-refractivity contribution is -0.138. The van der Waals surface area contributed by atoms with Crippen LogP contribution < -0.4 is 0 Å². The van der Waals surface area contributed by atoms with E-state index in [2.05, 4.69) is 50.0 Å². The maximum absolute atomic E-state index is 14.3. The van der Waals surface area contributed by atoms with Gasteiger partial charge in [0.1, 0.15) is 0 Å². The molecule has 1 N–H and O–H groups in total. The molecule has 6 rings (SSSR count). The van der Waals surface area contributed by atoms with E-state index in [1.54, 1.807) is 0 Å². The second kappa shape index (κ2) is 7.91. The number of ketones is 1. The Balaban J connectivity index is 1.48. The number of carbonyl (C=O) groups is 1. The first-order valence-corrected chi connectivity index (χ1v) is 14.0. The Bertz CT molecular complexity index is 1290. The van der Waals surface area contributed by atoms with Crippen LogP contribution in [0.3, 0.4) is 0 Å². The Morgan fingerprint density at radius 1 is 1.11 bits per heavy atom. The van der Waals surface area contributed by atoms with Crippen molar-refractivity contribution in [3.63, 3.8) is 0 Å². The van der Waals surface area contributed by atoms with Crippen LogP contribution in [0.4, 0.5) is 0 Å². The van der Waals surface area contributed by atoms with Gasteiger partial charge in [0.2, 0.25) is 11.8 Å². The summed E-state index contributed by atoms with van der Waals surface area (Å²) < 4.78 is 6.12. The second-order valence-corrected chi connectivity index (χ2v) is 13.9. The summed E-state index contributed by atoms with van der Waals surface area (Å²) in [7, 11) is 0. The van der Waals surface area contributed by atoms with Gasteiger partial charge < -0.3 is 9.52 Å². The lowest BCUT2D eigenvalue weighted by Gasteiger charge is -2.63. The van der Waals surface area contributed by atoms with E-state index in [1.807, 2.05) is 13.0 Å². The van der Waals surface area contributed by atoms with Gasteiger partial charge >= 0.3 is 0 Å². The number of rotatable bonds is 1. The van der Waals surface area contributed by atoms with Crippen molar-refractivity contribution >= 4 is 5.78 Å². The predicted octanol–water partition coefficient (Wildman–Crippen LogP) is 6.70. The van der Waals surface area contributed by atoms with Crippen LogP contribution in [0.15, 0.2) is 39.6 Å². The van der Waals surface area contributed by atoms with Crippen molar-refractivity contribution in [1.82, 2.24) is 10.2 Å². The van der Waals surface area contributed by atoms with Gasteiger partial charge in [-0.2, -0.15) is 5.26 Å². The molecule has 0 spiro atoms. The molecule has 1 aromatic rings. The maximum Gasteiger partial charge on any atom is 0.222 e. The Labute approximate surface area is 219 Å². The van der Waals surface area contributed by atoms with Crippen molar-refractivity contribution in [3.8, 4) is 6.07 Å². The quantitative estimate of drug-likeness (QED) is 0.430. The Hall–Kier alpha value is -2.68. The number of aliphatic hydroxyl groups excluding tert-OH is 1. The molecule has 0 radical (unpaired) electrons. The van der Waals surface area contributed by atoms with Crippen LogP contribution >= 0.6 is 0 Å². The van der Waals surface area contributed by atoms with Gasteiger partial charge in [-0.25, -0.2) is 0 Å². The van der Waals surface area contributed by atoms with Crippen LogP contribution in [0.1, 0.15) is 90.8 Å². The van der Waals surface area contributed by atoms with Gasteiger partial charge in [-0.15, -0.1) is 10.2 Å². The number of allylic oxidation sites excluding steroid dienone is 5. The SMILES string of the molecule is Cc1nnc(C23CCC4C(C(=O)C=C5C6(C)C=C(C#N)/C(=C/O)CC6CCC54C)C2CC(C)(C)CC3)o1. The zero-order valence-corrected chi connectivity index (χ0v) is 22.8. The molecule has 0 aromatic carbocycles. The molecule has 7 unspecified atom stereocenters. The fourth-order valence-corrected chi connectivity index (χ4v) is 9.47. The molecular weight excluding hydrogens is 462 g/mol. The summed E-state index contributed by atoms with van der Waals surface area (Å²) in [5.74, 6) is 2.27. The van der Waals surface area contributed by atoms with Gasteiger partial charge in [-0.05, 0) is 86.0 Å². The van der Waals surface area contributed by atoms with Crippen LogP contribution in [0.5, 0.6) is 0 Å². The molecule has 3 saturated carbocycles. The Morgan fingerprint density at radius 2 is 1.89 bits per heavy atom. The number of nitriles is 1. The highest BCUT2D eigenvalue weighted by molar-refractivity contribution is 5.95. The molecule has 6 nitrogen and oxygen atoms in total. The minimum atomic E-state index is -0.352. The molecule has 0 saturated heterocycles. The monoisotopic (exact) mass is 501 g/mol. The highest BCUT2D eigenvalue weighted by atomic mass is 16.4. The number of nitrogens with zero attached hydrogens (tertiary/aromatic N) is 3. The van der Waals surface area contributed by atoms with E-state index in [4.69, 9.17) is 4.42 Å². The first-order valence-electron chi connectivity index (χ1n) is 14.0. The standard InChI is InChI=1S/C31H39N3O3/c1-18-33-34-27(37-18)31-9-7-22-26(23(31)15-28(2,3)10-11-31)24(36)13-25-29(22,4)8-6-21-12-19(17-35)20(16-32)14-30(21,25)5/h13-14,17,21-23,26,35H,6-12,15H2,1-5H3/b19-17+. The van der Waals surface area contributed by atoms with Crippen molar-refractivity contribution < 1.29 is 14.3 Å². The van der Waals surface area contributed by atoms with Gasteiger partial charge in [-0.3, -0.25) is 4.79 Å². The summed E-state index contributed by atoms with van der Waals surface area (Å²) >= 11 is 0. The van der Waals surface area contributed by atoms with Crippen molar-refractivity contribution in [3.05, 3.63) is 46.9 Å². The predicted molar refractivity (Wildman–Crippen MR) is 139 cm³/mol. The highest BCUT2D eigenvalue weighted by Gasteiger charge is 2.65. The molecule has 37 heavy (non-hydrogen) atoms. The van der Waals surface area contributed by atoms with Crippen molar-refractivity contribution in [2.45, 2.75) is 91.4 Å². The molecule has 0 amide bonds. The number of hydrogen-bond donors (Lipinski definition) is 1. The number of carbonyl (C=O) groups excluding carboxylic acids is 1. The molecule has 5 aliphatic carbocycles. The molecule has 7 atom stereocenters. The third-order valence-corrected chi connectivity index (χ3v) is 11.5. The lowest BCUT2D eigenvalue weighted by Crippen LogP contribution is -2.60. The fourth-order valence-electron chi connectivity index (χ4n) is 9.47. The number of aryl methyl sites for hydroxylation is 1. The smallest absolute Gasteiger partial charge is 0.222 e. The molecule has 5 aliphatic rings. The Kier molecular flexibility index (Phi) is 5.27. The average Bonchev–Trinajstić information content (AvgIpc) is 3.30. The van der Waals surface area contributed by atoms with Crippen LogP contribution in [-0.4, -0.2) is 21.1 Å². The van der Waals surface area contributed by atoms with Gasteiger partial charge in [0.25, 0.3) is 0 Å². The van der Waals surface area contributed by atoms with Gasteiger partial charge in [0.15, 0.2) is 5.78 Å². The molecule has 3 fully saturated rings. The summed E-state index contributed by atoms with van der Waals surface area (Å²) in [6, 6.07) is 2.31. The summed E-state index contributed by atoms with van der Waals surface area (Å²) in [5, 5.41) is 28.4. The Morgan fingerprint density at radius 3 is 2.57 bits per heavy atom. The van der Waals surface area contributed by atoms with E-state index in [-0.39, 0.29) is 51.1 Å². The molecular formula is C31H39N3O3. The minimum absolute atomic E-state index is 0.0506. The van der Waals surface area contributed by atoms with Crippen LogP contribution in [0.25, 0.3) is 0 Å². The number of aromatic nitrogens is 2. The summed E-state index contributed by atoms with van der Waals surface area (Å²) in [4.78, 5) is 14.3. The first-order chi connectivity index (χ1) is 17.5. The minimum Gasteiger partial charge on any atom is -0.515 e. The first kappa shape index (κ1) is 24.6. The molecule has 0 aliphatic heterocycles. The molecule has 196 valence electrons. The summed E-state index contributed by atoms with van der Waals surface area (Å²) in [6.07, 6.45) is 12.9. The van der Waals surface area contributed by atoms with Crippen molar-refractivity contribution in [1.29, 1.82) is 5.26 Å². The number of aliphatic hydroxyl groups is 1. The average molecular weight is 502 g/mol. The third kappa shape index (κ3) is 3.31. The van der Waals surface area contributed by atoms with Crippen LogP contribution in [0.2, 0.25) is 0 Å². The normalized spacial score (nSPS) is 43.5. The van der Waals surface area contributed by atoms with E-state index in [0.29, 0.717) is 17.9 Å². The summed E-state index contributed by atoms with van der Waals surface area (Å²) in [6.45, 7) is 11.1. The number of fused-ring (bicyclic) bond motifs is 7.